The van der Waals surface area contributed by atoms with Gasteiger partial charge in [0.2, 0.25) is 0 Å². The summed E-state index contributed by atoms with van der Waals surface area (Å²) < 4.78 is 1.79. The van der Waals surface area contributed by atoms with Crippen molar-refractivity contribution in [2.24, 2.45) is 12.8 Å². The van der Waals surface area contributed by atoms with E-state index < -0.39 is 0 Å². The van der Waals surface area contributed by atoms with Crippen molar-refractivity contribution in [2.75, 3.05) is 13.1 Å². The molecule has 0 radical (unpaired) electrons. The number of likely N-dealkylation sites (tertiary alicyclic amines) is 1. The maximum Gasteiger partial charge on any atom is 0.274 e. The third-order valence-corrected chi connectivity index (χ3v) is 3.24. The van der Waals surface area contributed by atoms with Crippen molar-refractivity contribution in [3.63, 3.8) is 0 Å². The summed E-state index contributed by atoms with van der Waals surface area (Å²) in [6, 6.07) is 2.00. The van der Waals surface area contributed by atoms with Gasteiger partial charge in [-0.1, -0.05) is 13.8 Å². The van der Waals surface area contributed by atoms with Gasteiger partial charge in [-0.3, -0.25) is 9.48 Å². The van der Waals surface area contributed by atoms with Gasteiger partial charge < -0.3 is 10.6 Å². The average Bonchev–Trinajstić information content (AvgIpc) is 2.83. The van der Waals surface area contributed by atoms with Gasteiger partial charge in [0.25, 0.3) is 5.91 Å². The van der Waals surface area contributed by atoms with Gasteiger partial charge in [-0.25, -0.2) is 0 Å². The zero-order valence-electron chi connectivity index (χ0n) is 10.7. The number of rotatable bonds is 2. The monoisotopic (exact) mass is 236 g/mol. The molecule has 0 saturated carbocycles. The van der Waals surface area contributed by atoms with Crippen molar-refractivity contribution in [3.8, 4) is 0 Å². The van der Waals surface area contributed by atoms with E-state index in [-0.39, 0.29) is 11.9 Å². The quantitative estimate of drug-likeness (QED) is 0.822. The highest BCUT2D eigenvalue weighted by atomic mass is 16.2. The molecule has 1 fully saturated rings. The van der Waals surface area contributed by atoms with Crippen LogP contribution in [0.15, 0.2) is 6.07 Å². The van der Waals surface area contributed by atoms with Crippen molar-refractivity contribution < 1.29 is 4.79 Å². The van der Waals surface area contributed by atoms with E-state index >= 15 is 0 Å². The highest BCUT2D eigenvalue weighted by molar-refractivity contribution is 5.92. The van der Waals surface area contributed by atoms with Crippen LogP contribution in [0.1, 0.15) is 42.4 Å². The second-order valence-corrected chi connectivity index (χ2v) is 5.03. The summed E-state index contributed by atoms with van der Waals surface area (Å²) >= 11 is 0. The Morgan fingerprint density at radius 1 is 1.59 bits per heavy atom. The lowest BCUT2D eigenvalue weighted by Gasteiger charge is -2.13. The molecule has 5 heteroatoms. The Kier molecular flexibility index (Phi) is 3.19. The van der Waals surface area contributed by atoms with E-state index in [1.54, 1.807) is 9.58 Å². The van der Waals surface area contributed by atoms with Gasteiger partial charge in [0, 0.05) is 31.9 Å². The van der Waals surface area contributed by atoms with Gasteiger partial charge >= 0.3 is 0 Å². The molecule has 1 aliphatic rings. The third-order valence-electron chi connectivity index (χ3n) is 3.24. The molecular weight excluding hydrogens is 216 g/mol. The minimum atomic E-state index is 0.000417. The van der Waals surface area contributed by atoms with Crippen LogP contribution in [0, 0.1) is 0 Å². The molecule has 1 aromatic rings. The number of carbonyl (C=O) groups excluding carboxylic acids is 1. The maximum absolute atomic E-state index is 12.2. The van der Waals surface area contributed by atoms with Crippen molar-refractivity contribution in [1.82, 2.24) is 14.7 Å². The highest BCUT2D eigenvalue weighted by Gasteiger charge is 2.26. The first-order valence-corrected chi connectivity index (χ1v) is 6.08. The summed E-state index contributed by atoms with van der Waals surface area (Å²) in [5.74, 6) is 0.371. The van der Waals surface area contributed by atoms with E-state index in [2.05, 4.69) is 18.9 Å². The highest BCUT2D eigenvalue weighted by Crippen LogP contribution is 2.17. The standard InChI is InChI=1S/C12H20N4O/c1-8(2)11-6-10(14-15(11)3)12(17)16-5-4-9(13)7-16/h6,8-9H,4-5,7,13H2,1-3H3/t9-/m1/s1. The molecule has 17 heavy (non-hydrogen) atoms. The minimum absolute atomic E-state index is 0.000417. The molecule has 0 spiro atoms. The number of aromatic nitrogens is 2. The average molecular weight is 236 g/mol. The van der Waals surface area contributed by atoms with E-state index in [0.29, 0.717) is 18.2 Å². The Bertz CT molecular complexity index is 424. The van der Waals surface area contributed by atoms with Gasteiger partial charge in [-0.15, -0.1) is 0 Å². The van der Waals surface area contributed by atoms with Crippen LogP contribution in [0.3, 0.4) is 0 Å². The smallest absolute Gasteiger partial charge is 0.274 e. The molecule has 0 unspecified atom stereocenters. The van der Waals surface area contributed by atoms with Crippen molar-refractivity contribution in [3.05, 3.63) is 17.5 Å². The van der Waals surface area contributed by atoms with E-state index in [1.165, 1.54) is 0 Å². The number of hydrogen-bond donors (Lipinski definition) is 1. The molecule has 1 amide bonds. The number of amides is 1. The van der Waals surface area contributed by atoms with E-state index in [9.17, 15) is 4.79 Å². The van der Waals surface area contributed by atoms with E-state index in [0.717, 1.165) is 18.7 Å². The van der Waals surface area contributed by atoms with Gasteiger partial charge in [0.1, 0.15) is 0 Å². The predicted octanol–water partition coefficient (Wildman–Crippen LogP) is 0.717. The summed E-state index contributed by atoms with van der Waals surface area (Å²) in [5, 5.41) is 4.29. The lowest BCUT2D eigenvalue weighted by atomic mass is 10.1. The fraction of sp³-hybridized carbons (Fsp3) is 0.667. The first-order chi connectivity index (χ1) is 7.99. The molecule has 5 nitrogen and oxygen atoms in total. The predicted molar refractivity (Wildman–Crippen MR) is 65.8 cm³/mol. The Labute approximate surface area is 102 Å². The molecular formula is C12H20N4O. The van der Waals surface area contributed by atoms with Crippen LogP contribution < -0.4 is 5.73 Å². The van der Waals surface area contributed by atoms with Gasteiger partial charge in [-0.2, -0.15) is 5.10 Å². The summed E-state index contributed by atoms with van der Waals surface area (Å²) in [6.45, 7) is 5.58. The van der Waals surface area contributed by atoms with E-state index in [4.69, 9.17) is 5.73 Å². The van der Waals surface area contributed by atoms with Crippen molar-refractivity contribution in [2.45, 2.75) is 32.2 Å². The van der Waals surface area contributed by atoms with Crippen LogP contribution >= 0.6 is 0 Å². The van der Waals surface area contributed by atoms with Crippen LogP contribution in [0.2, 0.25) is 0 Å². The second-order valence-electron chi connectivity index (χ2n) is 5.03. The van der Waals surface area contributed by atoms with Crippen LogP contribution in [0.25, 0.3) is 0 Å². The second kappa shape index (κ2) is 4.49. The van der Waals surface area contributed by atoms with Crippen molar-refractivity contribution in [1.29, 1.82) is 0 Å². The number of hydrogen-bond acceptors (Lipinski definition) is 3. The lowest BCUT2D eigenvalue weighted by Crippen LogP contribution is -2.32. The molecule has 1 saturated heterocycles. The molecule has 2 N–H and O–H groups in total. The topological polar surface area (TPSA) is 64.2 Å². The molecule has 2 heterocycles. The molecule has 1 aromatic heterocycles. The molecule has 2 rings (SSSR count). The summed E-state index contributed by atoms with van der Waals surface area (Å²) in [4.78, 5) is 14.0. The van der Waals surface area contributed by atoms with Crippen LogP contribution in [-0.4, -0.2) is 39.7 Å². The van der Waals surface area contributed by atoms with Gasteiger partial charge in [0.15, 0.2) is 5.69 Å². The van der Waals surface area contributed by atoms with Crippen LogP contribution in [-0.2, 0) is 7.05 Å². The summed E-state index contributed by atoms with van der Waals surface area (Å²) in [6.07, 6.45) is 0.885. The van der Waals surface area contributed by atoms with Crippen LogP contribution in [0.4, 0.5) is 0 Å². The maximum atomic E-state index is 12.2. The first-order valence-electron chi connectivity index (χ1n) is 6.08. The molecule has 94 valence electrons. The Hall–Kier alpha value is -1.36. The molecule has 0 aliphatic carbocycles. The number of aryl methyl sites for hydroxylation is 1. The normalized spacial score (nSPS) is 20.3. The largest absolute Gasteiger partial charge is 0.336 e. The third kappa shape index (κ3) is 2.34. The number of nitrogens with two attached hydrogens (primary N) is 1. The molecule has 0 aromatic carbocycles. The van der Waals surface area contributed by atoms with Gasteiger partial charge in [0.05, 0.1) is 0 Å². The Morgan fingerprint density at radius 2 is 2.29 bits per heavy atom. The fourth-order valence-electron chi connectivity index (χ4n) is 2.26. The molecule has 1 aliphatic heterocycles. The lowest BCUT2D eigenvalue weighted by molar-refractivity contribution is 0.0784. The zero-order chi connectivity index (χ0) is 12.6. The van der Waals surface area contributed by atoms with Crippen molar-refractivity contribution >= 4 is 5.91 Å². The Morgan fingerprint density at radius 3 is 2.76 bits per heavy atom. The van der Waals surface area contributed by atoms with E-state index in [1.807, 2.05) is 13.1 Å². The molecule has 0 bridgehead atoms. The van der Waals surface area contributed by atoms with Crippen LogP contribution in [0.5, 0.6) is 0 Å². The zero-order valence-corrected chi connectivity index (χ0v) is 10.7. The number of nitrogens with zero attached hydrogens (tertiary/aromatic N) is 3. The van der Waals surface area contributed by atoms with Gasteiger partial charge in [-0.05, 0) is 18.4 Å². The summed E-state index contributed by atoms with van der Waals surface area (Å²) in [5.41, 5.74) is 7.42. The Balaban J connectivity index is 2.17. The molecule has 1 atom stereocenters. The number of carbonyl (C=O) groups is 1. The SMILES string of the molecule is CC(C)c1cc(C(=O)N2CC[C@@H](N)C2)nn1C. The first kappa shape index (κ1) is 12.1. The fourth-order valence-corrected chi connectivity index (χ4v) is 2.26. The minimum Gasteiger partial charge on any atom is -0.336 e. The summed E-state index contributed by atoms with van der Waals surface area (Å²) in [7, 11) is 1.88.